The maximum Gasteiger partial charge on any atom is 0.0900 e. The maximum atomic E-state index is 8.72. The van der Waals surface area contributed by atoms with Crippen LogP contribution in [0.4, 0.5) is 0 Å². The van der Waals surface area contributed by atoms with Crippen LogP contribution in [0.25, 0.3) is 0 Å². The van der Waals surface area contributed by atoms with Gasteiger partial charge in [-0.15, -0.1) is 0 Å². The predicted molar refractivity (Wildman–Crippen MR) is 76.6 cm³/mol. The molecule has 1 fully saturated rings. The molecule has 1 aromatic heterocycles. The fourth-order valence-corrected chi connectivity index (χ4v) is 3.10. The number of halogens is 1. The zero-order valence-electron chi connectivity index (χ0n) is 11.4. The van der Waals surface area contributed by atoms with E-state index in [0.717, 1.165) is 53.7 Å². The lowest BCUT2D eigenvalue weighted by molar-refractivity contribution is 0.0242. The molecule has 106 valence electrons. The van der Waals surface area contributed by atoms with E-state index in [1.165, 1.54) is 0 Å². The molecule has 0 saturated heterocycles. The molecule has 0 unspecified atom stereocenters. The molecule has 1 aliphatic rings. The predicted octanol–water partition coefficient (Wildman–Crippen LogP) is 3.03. The van der Waals surface area contributed by atoms with Crippen molar-refractivity contribution >= 4 is 21.6 Å². The first kappa shape index (κ1) is 14.5. The average Bonchev–Trinajstić information content (AvgIpc) is 2.72. The molecule has 1 saturated carbocycles. The van der Waals surface area contributed by atoms with Crippen LogP contribution in [0, 0.1) is 0 Å². The molecule has 5 nitrogen and oxygen atoms in total. The smallest absolute Gasteiger partial charge is 0.0900 e. The highest BCUT2D eigenvalue weighted by Gasteiger charge is 2.20. The van der Waals surface area contributed by atoms with E-state index in [-0.39, 0.29) is 6.10 Å². The summed E-state index contributed by atoms with van der Waals surface area (Å²) in [5.74, 6) is 0. The Kier molecular flexibility index (Phi) is 4.99. The number of oxime groups is 1. The lowest BCUT2D eigenvalue weighted by Gasteiger charge is -2.22. The van der Waals surface area contributed by atoms with E-state index in [1.54, 1.807) is 0 Å². The number of aromatic nitrogens is 2. The molecular formula is C13H20BrN3O2. The van der Waals surface area contributed by atoms with E-state index in [2.05, 4.69) is 33.1 Å². The monoisotopic (exact) mass is 329 g/mol. The number of ether oxygens (including phenoxy) is 1. The normalized spacial score (nSPS) is 19.7. The second-order valence-electron chi connectivity index (χ2n) is 4.86. The van der Waals surface area contributed by atoms with Crippen LogP contribution in [0.15, 0.2) is 9.63 Å². The van der Waals surface area contributed by atoms with Crippen molar-refractivity contribution in [3.63, 3.8) is 0 Å². The minimum Gasteiger partial charge on any atom is -0.411 e. The number of hydrogen-bond acceptors (Lipinski definition) is 4. The molecule has 0 aromatic carbocycles. The van der Waals surface area contributed by atoms with Crippen molar-refractivity contribution in [2.75, 3.05) is 0 Å². The lowest BCUT2D eigenvalue weighted by atomic mass is 9.96. The Hall–Kier alpha value is -0.880. The number of hydrogen-bond donors (Lipinski definition) is 1. The third kappa shape index (κ3) is 3.36. The van der Waals surface area contributed by atoms with Crippen molar-refractivity contribution in [1.82, 2.24) is 9.78 Å². The average molecular weight is 330 g/mol. The molecule has 1 heterocycles. The second-order valence-corrected chi connectivity index (χ2v) is 5.65. The van der Waals surface area contributed by atoms with Crippen LogP contribution >= 0.6 is 15.9 Å². The summed E-state index contributed by atoms with van der Waals surface area (Å²) in [6.45, 7) is 2.66. The first-order valence-electron chi connectivity index (χ1n) is 6.67. The summed E-state index contributed by atoms with van der Waals surface area (Å²) >= 11 is 3.59. The molecule has 0 spiro atoms. The van der Waals surface area contributed by atoms with Crippen LogP contribution in [-0.4, -0.2) is 26.8 Å². The zero-order valence-corrected chi connectivity index (χ0v) is 13.0. The number of aryl methyl sites for hydroxylation is 2. The van der Waals surface area contributed by atoms with Gasteiger partial charge >= 0.3 is 0 Å². The molecule has 0 aliphatic heterocycles. The summed E-state index contributed by atoms with van der Waals surface area (Å²) in [5, 5.41) is 16.5. The fourth-order valence-electron chi connectivity index (χ4n) is 2.36. The molecular weight excluding hydrogens is 310 g/mol. The summed E-state index contributed by atoms with van der Waals surface area (Å²) in [4.78, 5) is 0. The van der Waals surface area contributed by atoms with Crippen molar-refractivity contribution in [2.45, 2.75) is 51.7 Å². The lowest BCUT2D eigenvalue weighted by Crippen LogP contribution is -2.22. The van der Waals surface area contributed by atoms with Gasteiger partial charge in [0.2, 0.25) is 0 Å². The van der Waals surface area contributed by atoms with Crippen LogP contribution in [0.2, 0.25) is 0 Å². The summed E-state index contributed by atoms with van der Waals surface area (Å²) in [6, 6.07) is 0. The summed E-state index contributed by atoms with van der Waals surface area (Å²) < 4.78 is 8.90. The molecule has 0 amide bonds. The van der Waals surface area contributed by atoms with Crippen molar-refractivity contribution in [3.05, 3.63) is 15.9 Å². The van der Waals surface area contributed by atoms with Crippen LogP contribution in [0.1, 0.15) is 44.0 Å². The molecule has 1 aliphatic carbocycles. The number of rotatable bonds is 4. The van der Waals surface area contributed by atoms with Gasteiger partial charge in [-0.2, -0.15) is 5.10 Å². The molecule has 0 radical (unpaired) electrons. The van der Waals surface area contributed by atoms with E-state index in [9.17, 15) is 0 Å². The van der Waals surface area contributed by atoms with Crippen LogP contribution < -0.4 is 0 Å². The summed E-state index contributed by atoms with van der Waals surface area (Å²) in [7, 11) is 1.94. The Morgan fingerprint density at radius 2 is 2.16 bits per heavy atom. The molecule has 6 heteroatoms. The van der Waals surface area contributed by atoms with Gasteiger partial charge in [-0.1, -0.05) is 12.1 Å². The van der Waals surface area contributed by atoms with E-state index < -0.39 is 0 Å². The Morgan fingerprint density at radius 1 is 1.47 bits per heavy atom. The van der Waals surface area contributed by atoms with Crippen molar-refractivity contribution in [2.24, 2.45) is 12.2 Å². The van der Waals surface area contributed by atoms with Crippen molar-refractivity contribution < 1.29 is 9.94 Å². The number of nitrogens with zero attached hydrogens (tertiary/aromatic N) is 3. The zero-order chi connectivity index (χ0) is 13.8. The molecule has 1 N–H and O–H groups in total. The standard InChI is InChI=1S/C13H20BrN3O2/c1-3-11-13(14)12(17(2)15-11)8-19-10-6-4-9(16-18)5-7-10/h10,18H,3-8H2,1-2H3. The SMILES string of the molecule is CCc1nn(C)c(COC2CCC(=NO)CC2)c1Br. The first-order chi connectivity index (χ1) is 9.15. The summed E-state index contributed by atoms with van der Waals surface area (Å²) in [5.41, 5.74) is 3.03. The van der Waals surface area contributed by atoms with Gasteiger partial charge in [0.05, 0.1) is 34.3 Å². The van der Waals surface area contributed by atoms with Gasteiger partial charge in [0.15, 0.2) is 0 Å². The largest absolute Gasteiger partial charge is 0.411 e. The minimum atomic E-state index is 0.248. The maximum absolute atomic E-state index is 8.72. The molecule has 2 rings (SSSR count). The van der Waals surface area contributed by atoms with Gasteiger partial charge in [0.1, 0.15) is 0 Å². The van der Waals surface area contributed by atoms with Gasteiger partial charge in [-0.05, 0) is 48.0 Å². The Morgan fingerprint density at radius 3 is 2.68 bits per heavy atom. The Bertz CT molecular complexity index is 461. The van der Waals surface area contributed by atoms with Gasteiger partial charge in [-0.3, -0.25) is 4.68 Å². The highest BCUT2D eigenvalue weighted by molar-refractivity contribution is 9.10. The van der Waals surface area contributed by atoms with Crippen LogP contribution in [-0.2, 0) is 24.8 Å². The topological polar surface area (TPSA) is 59.6 Å². The van der Waals surface area contributed by atoms with Gasteiger partial charge in [0, 0.05) is 7.05 Å². The highest BCUT2D eigenvalue weighted by atomic mass is 79.9. The van der Waals surface area contributed by atoms with Crippen molar-refractivity contribution in [1.29, 1.82) is 0 Å². The quantitative estimate of drug-likeness (QED) is 0.682. The Balaban J connectivity index is 1.91. The molecule has 19 heavy (non-hydrogen) atoms. The highest BCUT2D eigenvalue weighted by Crippen LogP contribution is 2.25. The molecule has 0 atom stereocenters. The Labute approximate surface area is 121 Å². The van der Waals surface area contributed by atoms with Gasteiger partial charge < -0.3 is 9.94 Å². The van der Waals surface area contributed by atoms with E-state index in [0.29, 0.717) is 6.61 Å². The summed E-state index contributed by atoms with van der Waals surface area (Å²) in [6.07, 6.45) is 4.67. The van der Waals surface area contributed by atoms with Gasteiger partial charge in [-0.25, -0.2) is 0 Å². The van der Waals surface area contributed by atoms with E-state index in [1.807, 2.05) is 11.7 Å². The van der Waals surface area contributed by atoms with Gasteiger partial charge in [0.25, 0.3) is 0 Å². The molecule has 1 aromatic rings. The van der Waals surface area contributed by atoms with Crippen LogP contribution in [0.5, 0.6) is 0 Å². The van der Waals surface area contributed by atoms with Crippen molar-refractivity contribution in [3.8, 4) is 0 Å². The first-order valence-corrected chi connectivity index (χ1v) is 7.46. The van der Waals surface area contributed by atoms with E-state index >= 15 is 0 Å². The molecule has 0 bridgehead atoms. The van der Waals surface area contributed by atoms with Crippen LogP contribution in [0.3, 0.4) is 0 Å². The third-order valence-corrected chi connectivity index (χ3v) is 4.53. The fraction of sp³-hybridized carbons (Fsp3) is 0.692. The van der Waals surface area contributed by atoms with E-state index in [4.69, 9.17) is 9.94 Å². The minimum absolute atomic E-state index is 0.248. The third-order valence-electron chi connectivity index (χ3n) is 3.61. The second kappa shape index (κ2) is 6.52.